The van der Waals surface area contributed by atoms with Crippen molar-refractivity contribution in [1.82, 2.24) is 0 Å². The van der Waals surface area contributed by atoms with Gasteiger partial charge >= 0.3 is 12.1 Å². The SMILES string of the molecule is NCCCCCCCCCCC(F)(F)C(F)(F)F. The Morgan fingerprint density at radius 3 is 1.39 bits per heavy atom. The van der Waals surface area contributed by atoms with Gasteiger partial charge in [0.25, 0.3) is 0 Å². The highest BCUT2D eigenvalue weighted by molar-refractivity contribution is 4.75. The smallest absolute Gasteiger partial charge is 0.330 e. The van der Waals surface area contributed by atoms with Crippen LogP contribution in [0.25, 0.3) is 0 Å². The van der Waals surface area contributed by atoms with Gasteiger partial charge in [-0.1, -0.05) is 38.5 Å². The number of halogens is 5. The molecule has 0 fully saturated rings. The first-order chi connectivity index (χ1) is 8.31. The van der Waals surface area contributed by atoms with E-state index < -0.39 is 18.5 Å². The number of rotatable bonds is 10. The van der Waals surface area contributed by atoms with E-state index in [1.54, 1.807) is 0 Å². The van der Waals surface area contributed by atoms with E-state index in [2.05, 4.69) is 0 Å². The van der Waals surface area contributed by atoms with Gasteiger partial charge in [0, 0.05) is 6.42 Å². The van der Waals surface area contributed by atoms with Gasteiger partial charge in [-0.3, -0.25) is 0 Å². The van der Waals surface area contributed by atoms with E-state index in [9.17, 15) is 22.0 Å². The highest BCUT2D eigenvalue weighted by atomic mass is 19.4. The third-order valence-electron chi connectivity index (χ3n) is 2.86. The van der Waals surface area contributed by atoms with Crippen molar-refractivity contribution in [1.29, 1.82) is 0 Å². The predicted octanol–water partition coefficient (Wildman–Crippen LogP) is 4.65. The zero-order valence-electron chi connectivity index (χ0n) is 10.5. The van der Waals surface area contributed by atoms with Crippen molar-refractivity contribution in [3.8, 4) is 0 Å². The highest BCUT2D eigenvalue weighted by Crippen LogP contribution is 2.39. The Labute approximate surface area is 105 Å². The maximum atomic E-state index is 12.5. The van der Waals surface area contributed by atoms with Crippen LogP contribution in [0.2, 0.25) is 0 Å². The summed E-state index contributed by atoms with van der Waals surface area (Å²) in [6, 6.07) is 0. The zero-order chi connectivity index (χ0) is 14.1. The molecule has 0 radical (unpaired) electrons. The summed E-state index contributed by atoms with van der Waals surface area (Å²) >= 11 is 0. The summed E-state index contributed by atoms with van der Waals surface area (Å²) in [4.78, 5) is 0. The number of alkyl halides is 5. The fraction of sp³-hybridized carbons (Fsp3) is 1.00. The molecular formula is C12H22F5N. The lowest BCUT2D eigenvalue weighted by molar-refractivity contribution is -0.284. The quantitative estimate of drug-likeness (QED) is 0.455. The van der Waals surface area contributed by atoms with Crippen molar-refractivity contribution >= 4 is 0 Å². The van der Waals surface area contributed by atoms with Crippen molar-refractivity contribution in [3.05, 3.63) is 0 Å². The van der Waals surface area contributed by atoms with E-state index in [1.807, 2.05) is 0 Å². The van der Waals surface area contributed by atoms with Crippen LogP contribution >= 0.6 is 0 Å². The summed E-state index contributed by atoms with van der Waals surface area (Å²) < 4.78 is 60.5. The van der Waals surface area contributed by atoms with Crippen LogP contribution in [0.5, 0.6) is 0 Å². The largest absolute Gasteiger partial charge is 0.453 e. The number of unbranched alkanes of at least 4 members (excludes halogenated alkanes) is 7. The standard InChI is InChI=1S/C12H22F5N/c13-11(14,12(15,16)17)9-7-5-3-1-2-4-6-8-10-18/h1-10,18H2. The number of hydrogen-bond acceptors (Lipinski definition) is 1. The summed E-state index contributed by atoms with van der Waals surface area (Å²) in [5, 5.41) is 0. The van der Waals surface area contributed by atoms with Gasteiger partial charge < -0.3 is 5.73 Å². The van der Waals surface area contributed by atoms with E-state index in [1.165, 1.54) is 0 Å². The Morgan fingerprint density at radius 2 is 1.00 bits per heavy atom. The number of hydrogen-bond donors (Lipinski definition) is 1. The maximum Gasteiger partial charge on any atom is 0.453 e. The van der Waals surface area contributed by atoms with Crippen molar-refractivity contribution in [2.75, 3.05) is 6.54 Å². The van der Waals surface area contributed by atoms with E-state index in [0.717, 1.165) is 38.5 Å². The van der Waals surface area contributed by atoms with Gasteiger partial charge in [-0.05, 0) is 19.4 Å². The van der Waals surface area contributed by atoms with Gasteiger partial charge in [-0.2, -0.15) is 22.0 Å². The minimum Gasteiger partial charge on any atom is -0.330 e. The summed E-state index contributed by atoms with van der Waals surface area (Å²) in [7, 11) is 0. The molecule has 0 saturated carbocycles. The molecule has 0 bridgehead atoms. The summed E-state index contributed by atoms with van der Waals surface area (Å²) in [6.45, 7) is 0.673. The topological polar surface area (TPSA) is 26.0 Å². The third-order valence-corrected chi connectivity index (χ3v) is 2.86. The first-order valence-corrected chi connectivity index (χ1v) is 6.46. The third kappa shape index (κ3) is 7.84. The second-order valence-corrected chi connectivity index (χ2v) is 4.57. The minimum atomic E-state index is -5.41. The van der Waals surface area contributed by atoms with Crippen LogP contribution in [-0.2, 0) is 0 Å². The van der Waals surface area contributed by atoms with E-state index in [4.69, 9.17) is 5.73 Å². The molecule has 0 atom stereocenters. The van der Waals surface area contributed by atoms with Crippen LogP contribution in [0.1, 0.15) is 57.8 Å². The minimum absolute atomic E-state index is 0.0741. The second-order valence-electron chi connectivity index (χ2n) is 4.57. The second kappa shape index (κ2) is 8.67. The Balaban J connectivity index is 3.41. The highest BCUT2D eigenvalue weighted by Gasteiger charge is 2.56. The Hall–Kier alpha value is -0.390. The molecule has 0 aliphatic carbocycles. The molecule has 2 N–H and O–H groups in total. The van der Waals surface area contributed by atoms with Gasteiger partial charge in [0.05, 0.1) is 0 Å². The average Bonchev–Trinajstić information content (AvgIpc) is 2.25. The van der Waals surface area contributed by atoms with Gasteiger partial charge in [0.15, 0.2) is 0 Å². The summed E-state index contributed by atoms with van der Waals surface area (Å²) in [5.74, 6) is -4.53. The molecule has 0 aromatic carbocycles. The van der Waals surface area contributed by atoms with Crippen molar-refractivity contribution in [3.63, 3.8) is 0 Å². The molecule has 0 aromatic heterocycles. The molecular weight excluding hydrogens is 253 g/mol. The Bertz CT molecular complexity index is 203. The van der Waals surface area contributed by atoms with Crippen LogP contribution in [0, 0.1) is 0 Å². The summed E-state index contributed by atoms with van der Waals surface area (Å²) in [6.07, 6.45) is -0.443. The molecule has 6 heteroatoms. The summed E-state index contributed by atoms with van der Waals surface area (Å²) in [5.41, 5.74) is 5.32. The van der Waals surface area contributed by atoms with Gasteiger partial charge in [0.2, 0.25) is 0 Å². The first-order valence-electron chi connectivity index (χ1n) is 6.46. The molecule has 0 aliphatic heterocycles. The maximum absolute atomic E-state index is 12.5. The molecule has 0 aliphatic rings. The Kier molecular flexibility index (Phi) is 8.48. The van der Waals surface area contributed by atoms with Crippen LogP contribution < -0.4 is 5.73 Å². The molecule has 0 heterocycles. The zero-order valence-corrected chi connectivity index (χ0v) is 10.5. The van der Waals surface area contributed by atoms with Gasteiger partial charge in [0.1, 0.15) is 0 Å². The monoisotopic (exact) mass is 275 g/mol. The molecule has 1 nitrogen and oxygen atoms in total. The van der Waals surface area contributed by atoms with Crippen molar-refractivity contribution in [2.24, 2.45) is 5.73 Å². The molecule has 18 heavy (non-hydrogen) atoms. The lowest BCUT2D eigenvalue weighted by atomic mass is 10.0. The van der Waals surface area contributed by atoms with Crippen molar-refractivity contribution < 1.29 is 22.0 Å². The fourth-order valence-corrected chi connectivity index (χ4v) is 1.69. The van der Waals surface area contributed by atoms with Crippen LogP contribution in [0.4, 0.5) is 22.0 Å². The van der Waals surface area contributed by atoms with Gasteiger partial charge in [-0.15, -0.1) is 0 Å². The van der Waals surface area contributed by atoms with Crippen LogP contribution in [0.3, 0.4) is 0 Å². The molecule has 0 amide bonds. The lowest BCUT2D eigenvalue weighted by Crippen LogP contribution is -2.36. The number of nitrogens with two attached hydrogens (primary N) is 1. The van der Waals surface area contributed by atoms with Gasteiger partial charge in [-0.25, -0.2) is 0 Å². The van der Waals surface area contributed by atoms with Crippen molar-refractivity contribution in [2.45, 2.75) is 69.9 Å². The first kappa shape index (κ1) is 17.6. The lowest BCUT2D eigenvalue weighted by Gasteiger charge is -2.19. The van der Waals surface area contributed by atoms with Crippen LogP contribution in [0.15, 0.2) is 0 Å². The van der Waals surface area contributed by atoms with E-state index in [0.29, 0.717) is 13.0 Å². The van der Waals surface area contributed by atoms with E-state index in [-0.39, 0.29) is 6.42 Å². The molecule has 110 valence electrons. The predicted molar refractivity (Wildman–Crippen MR) is 61.6 cm³/mol. The molecule has 0 spiro atoms. The average molecular weight is 275 g/mol. The normalized spacial score (nSPS) is 13.0. The molecule has 0 aromatic rings. The fourth-order valence-electron chi connectivity index (χ4n) is 1.69. The van der Waals surface area contributed by atoms with E-state index >= 15 is 0 Å². The molecule has 0 rings (SSSR count). The van der Waals surface area contributed by atoms with Crippen LogP contribution in [-0.4, -0.2) is 18.6 Å². The molecule has 0 unspecified atom stereocenters. The Morgan fingerprint density at radius 1 is 0.611 bits per heavy atom. The molecule has 0 saturated heterocycles.